The van der Waals surface area contributed by atoms with E-state index >= 15 is 0 Å². The van der Waals surface area contributed by atoms with Crippen LogP contribution in [0.2, 0.25) is 0 Å². The summed E-state index contributed by atoms with van der Waals surface area (Å²) in [5, 5.41) is 3.13. The highest BCUT2D eigenvalue weighted by atomic mass is 32.2. The van der Waals surface area contributed by atoms with E-state index in [2.05, 4.69) is 17.0 Å². The van der Waals surface area contributed by atoms with Gasteiger partial charge < -0.3 is 14.8 Å². The molecule has 2 N–H and O–H groups in total. The van der Waals surface area contributed by atoms with Crippen LogP contribution in [0.15, 0.2) is 23.1 Å². The molecule has 0 atom stereocenters. The van der Waals surface area contributed by atoms with E-state index in [0.717, 1.165) is 25.1 Å². The van der Waals surface area contributed by atoms with Crippen LogP contribution in [0.4, 0.5) is 5.69 Å². The Morgan fingerprint density at radius 2 is 2.14 bits per heavy atom. The van der Waals surface area contributed by atoms with Crippen LogP contribution in [0.25, 0.3) is 0 Å². The molecule has 0 unspecified atom stereocenters. The Labute approximate surface area is 132 Å². The van der Waals surface area contributed by atoms with E-state index in [1.165, 1.54) is 0 Å². The van der Waals surface area contributed by atoms with Crippen molar-refractivity contribution in [3.05, 3.63) is 18.2 Å². The number of fused-ring (bicyclic) bond motifs is 1. The number of benzene rings is 1. The van der Waals surface area contributed by atoms with Gasteiger partial charge in [0, 0.05) is 26.3 Å². The summed E-state index contributed by atoms with van der Waals surface area (Å²) in [4.78, 5) is 0.246. The molecule has 1 aliphatic heterocycles. The van der Waals surface area contributed by atoms with Gasteiger partial charge in [-0.3, -0.25) is 0 Å². The molecular formula is C15H24N2O4S. The lowest BCUT2D eigenvalue weighted by molar-refractivity contribution is 0.130. The lowest BCUT2D eigenvalue weighted by Crippen LogP contribution is -2.26. The molecule has 0 amide bonds. The summed E-state index contributed by atoms with van der Waals surface area (Å²) in [5.74, 6) is 0.689. The standard InChI is InChI=1S/C15H24N2O4S/c1-2-3-9-20-10-4-7-17-22(18,19)13-5-6-15-14(12-13)16-8-11-21-15/h5-6,12,16-17H,2-4,7-11H2,1H3. The molecule has 0 radical (unpaired) electrons. The van der Waals surface area contributed by atoms with Gasteiger partial charge in [0.15, 0.2) is 0 Å². The zero-order chi connectivity index (χ0) is 15.8. The van der Waals surface area contributed by atoms with Crippen molar-refractivity contribution in [2.24, 2.45) is 0 Å². The van der Waals surface area contributed by atoms with Gasteiger partial charge in [0.25, 0.3) is 0 Å². The Balaban J connectivity index is 1.82. The first-order valence-electron chi connectivity index (χ1n) is 7.71. The molecule has 0 saturated heterocycles. The van der Waals surface area contributed by atoms with Crippen LogP contribution in [0.5, 0.6) is 5.75 Å². The third kappa shape index (κ3) is 4.86. The zero-order valence-electron chi connectivity index (χ0n) is 12.9. The summed E-state index contributed by atoms with van der Waals surface area (Å²) >= 11 is 0. The van der Waals surface area contributed by atoms with Crippen LogP contribution in [0.1, 0.15) is 26.2 Å². The van der Waals surface area contributed by atoms with E-state index < -0.39 is 10.0 Å². The normalized spacial score (nSPS) is 14.0. The molecule has 124 valence electrons. The molecular weight excluding hydrogens is 304 g/mol. The van der Waals surface area contributed by atoms with Gasteiger partial charge in [0.1, 0.15) is 12.4 Å². The quantitative estimate of drug-likeness (QED) is 0.678. The predicted molar refractivity (Wildman–Crippen MR) is 86.0 cm³/mol. The van der Waals surface area contributed by atoms with Gasteiger partial charge in [0.2, 0.25) is 10.0 Å². The molecule has 7 heteroatoms. The molecule has 1 heterocycles. The van der Waals surface area contributed by atoms with E-state index in [1.807, 2.05) is 0 Å². The average molecular weight is 328 g/mol. The first kappa shape index (κ1) is 17.1. The highest BCUT2D eigenvalue weighted by Gasteiger charge is 2.17. The summed E-state index contributed by atoms with van der Waals surface area (Å²) < 4.78 is 37.9. The SMILES string of the molecule is CCCCOCCCNS(=O)(=O)c1ccc2c(c1)NCCO2. The minimum atomic E-state index is -3.49. The van der Waals surface area contributed by atoms with Crippen molar-refractivity contribution in [2.45, 2.75) is 31.1 Å². The first-order chi connectivity index (χ1) is 10.6. The van der Waals surface area contributed by atoms with Gasteiger partial charge in [-0.1, -0.05) is 13.3 Å². The minimum absolute atomic E-state index is 0.246. The van der Waals surface area contributed by atoms with Gasteiger partial charge in [-0.05, 0) is 31.0 Å². The lowest BCUT2D eigenvalue weighted by atomic mass is 10.2. The second-order valence-electron chi connectivity index (χ2n) is 5.15. The fraction of sp³-hybridized carbons (Fsp3) is 0.600. The van der Waals surface area contributed by atoms with Crippen molar-refractivity contribution in [1.29, 1.82) is 0 Å². The van der Waals surface area contributed by atoms with Gasteiger partial charge in [-0.15, -0.1) is 0 Å². The molecule has 22 heavy (non-hydrogen) atoms. The molecule has 6 nitrogen and oxygen atoms in total. The van der Waals surface area contributed by atoms with Crippen LogP contribution in [-0.4, -0.2) is 41.3 Å². The number of rotatable bonds is 9. The van der Waals surface area contributed by atoms with E-state index in [-0.39, 0.29) is 4.90 Å². The molecule has 1 aromatic carbocycles. The monoisotopic (exact) mass is 328 g/mol. The Hall–Kier alpha value is -1.31. The van der Waals surface area contributed by atoms with Crippen molar-refractivity contribution in [3.8, 4) is 5.75 Å². The predicted octanol–water partition coefficient (Wildman–Crippen LogP) is 1.98. The number of sulfonamides is 1. The summed E-state index contributed by atoms with van der Waals surface area (Å²) in [5.41, 5.74) is 0.719. The van der Waals surface area contributed by atoms with Gasteiger partial charge in [0.05, 0.1) is 10.6 Å². The molecule has 2 rings (SSSR count). The maximum absolute atomic E-state index is 12.2. The second-order valence-corrected chi connectivity index (χ2v) is 6.92. The molecule has 0 fully saturated rings. The number of anilines is 1. The van der Waals surface area contributed by atoms with Crippen molar-refractivity contribution < 1.29 is 17.9 Å². The van der Waals surface area contributed by atoms with E-state index in [0.29, 0.717) is 38.5 Å². The Kier molecular flexibility index (Phi) is 6.48. The average Bonchev–Trinajstić information content (AvgIpc) is 2.53. The number of ether oxygens (including phenoxy) is 2. The van der Waals surface area contributed by atoms with Crippen molar-refractivity contribution in [1.82, 2.24) is 4.72 Å². The summed E-state index contributed by atoms with van der Waals surface area (Å²) in [6.07, 6.45) is 2.80. The van der Waals surface area contributed by atoms with E-state index in [9.17, 15) is 8.42 Å². The smallest absolute Gasteiger partial charge is 0.240 e. The van der Waals surface area contributed by atoms with Crippen LogP contribution in [-0.2, 0) is 14.8 Å². The zero-order valence-corrected chi connectivity index (χ0v) is 13.7. The third-order valence-electron chi connectivity index (χ3n) is 3.34. The summed E-state index contributed by atoms with van der Waals surface area (Å²) in [6.45, 7) is 5.06. The van der Waals surface area contributed by atoms with Crippen LogP contribution in [0, 0.1) is 0 Å². The second kappa shape index (κ2) is 8.36. The molecule has 0 spiro atoms. The van der Waals surface area contributed by atoms with Crippen molar-refractivity contribution in [3.63, 3.8) is 0 Å². The Morgan fingerprint density at radius 3 is 2.95 bits per heavy atom. The summed E-state index contributed by atoms with van der Waals surface area (Å²) in [7, 11) is -3.49. The highest BCUT2D eigenvalue weighted by Crippen LogP contribution is 2.29. The largest absolute Gasteiger partial charge is 0.490 e. The molecule has 0 saturated carbocycles. The van der Waals surface area contributed by atoms with Crippen LogP contribution >= 0.6 is 0 Å². The third-order valence-corrected chi connectivity index (χ3v) is 4.79. The highest BCUT2D eigenvalue weighted by molar-refractivity contribution is 7.89. The number of unbranched alkanes of at least 4 members (excludes halogenated alkanes) is 1. The van der Waals surface area contributed by atoms with Crippen LogP contribution < -0.4 is 14.8 Å². The number of hydrogen-bond acceptors (Lipinski definition) is 5. The Bertz CT molecular complexity index is 575. The maximum atomic E-state index is 12.2. The lowest BCUT2D eigenvalue weighted by Gasteiger charge is -2.19. The minimum Gasteiger partial charge on any atom is -0.490 e. The van der Waals surface area contributed by atoms with Gasteiger partial charge >= 0.3 is 0 Å². The fourth-order valence-corrected chi connectivity index (χ4v) is 3.20. The Morgan fingerprint density at radius 1 is 1.32 bits per heavy atom. The topological polar surface area (TPSA) is 76.7 Å². The maximum Gasteiger partial charge on any atom is 0.240 e. The fourth-order valence-electron chi connectivity index (χ4n) is 2.10. The molecule has 1 aromatic rings. The van der Waals surface area contributed by atoms with E-state index in [4.69, 9.17) is 9.47 Å². The van der Waals surface area contributed by atoms with Gasteiger partial charge in [-0.2, -0.15) is 0 Å². The molecule has 0 aromatic heterocycles. The van der Waals surface area contributed by atoms with Crippen molar-refractivity contribution in [2.75, 3.05) is 38.2 Å². The summed E-state index contributed by atoms with van der Waals surface area (Å²) in [6, 6.07) is 4.85. The number of nitrogens with one attached hydrogen (secondary N) is 2. The van der Waals surface area contributed by atoms with E-state index in [1.54, 1.807) is 18.2 Å². The van der Waals surface area contributed by atoms with Crippen molar-refractivity contribution >= 4 is 15.7 Å². The van der Waals surface area contributed by atoms with Crippen LogP contribution in [0.3, 0.4) is 0 Å². The van der Waals surface area contributed by atoms with Gasteiger partial charge in [-0.25, -0.2) is 13.1 Å². The molecule has 0 aliphatic carbocycles. The number of hydrogen-bond donors (Lipinski definition) is 2. The first-order valence-corrected chi connectivity index (χ1v) is 9.20. The molecule has 1 aliphatic rings. The molecule has 0 bridgehead atoms.